The predicted octanol–water partition coefficient (Wildman–Crippen LogP) is 3.51. The molecule has 0 aromatic rings. The first-order valence-corrected chi connectivity index (χ1v) is 5.62. The lowest BCUT2D eigenvalue weighted by molar-refractivity contribution is 0.438. The Kier molecular flexibility index (Phi) is 5.13. The largest absolute Gasteiger partial charge is 0.372 e. The normalized spacial score (nSPS) is 18.1. The zero-order valence-electron chi connectivity index (χ0n) is 9.21. The molecule has 0 saturated carbocycles. The van der Waals surface area contributed by atoms with Crippen molar-refractivity contribution in [2.24, 2.45) is 0 Å². The van der Waals surface area contributed by atoms with Gasteiger partial charge in [0.2, 0.25) is 0 Å². The van der Waals surface area contributed by atoms with Gasteiger partial charge in [0, 0.05) is 18.8 Å². The smallest absolute Gasteiger partial charge is 0.0325 e. The van der Waals surface area contributed by atoms with E-state index in [0.717, 1.165) is 0 Å². The SMILES string of the molecule is C=C/C=C\C(=C/CCC)N1CCCC1. The summed E-state index contributed by atoms with van der Waals surface area (Å²) in [5.41, 5.74) is 1.38. The van der Waals surface area contributed by atoms with Crippen molar-refractivity contribution in [2.45, 2.75) is 32.6 Å². The first-order valence-electron chi connectivity index (χ1n) is 5.62. The molecule has 1 heterocycles. The van der Waals surface area contributed by atoms with Crippen LogP contribution in [0.4, 0.5) is 0 Å². The molecule has 1 aliphatic heterocycles. The maximum Gasteiger partial charge on any atom is 0.0325 e. The molecule has 0 aromatic carbocycles. The predicted molar refractivity (Wildman–Crippen MR) is 63.1 cm³/mol. The molecule has 0 radical (unpaired) electrons. The summed E-state index contributed by atoms with van der Waals surface area (Å²) >= 11 is 0. The van der Waals surface area contributed by atoms with Gasteiger partial charge in [-0.2, -0.15) is 0 Å². The fourth-order valence-corrected chi connectivity index (χ4v) is 1.74. The van der Waals surface area contributed by atoms with Gasteiger partial charge in [-0.1, -0.05) is 38.2 Å². The summed E-state index contributed by atoms with van der Waals surface area (Å²) < 4.78 is 0. The summed E-state index contributed by atoms with van der Waals surface area (Å²) in [5.74, 6) is 0. The Bertz CT molecular complexity index is 219. The molecule has 1 fully saturated rings. The van der Waals surface area contributed by atoms with E-state index in [0.29, 0.717) is 0 Å². The van der Waals surface area contributed by atoms with Crippen LogP contribution in [-0.2, 0) is 0 Å². The highest BCUT2D eigenvalue weighted by atomic mass is 15.1. The molecule has 1 heteroatoms. The molecule has 0 aromatic heterocycles. The van der Waals surface area contributed by atoms with Crippen LogP contribution >= 0.6 is 0 Å². The fraction of sp³-hybridized carbons (Fsp3) is 0.538. The van der Waals surface area contributed by atoms with Crippen LogP contribution in [0.15, 0.2) is 36.6 Å². The molecule has 78 valence electrons. The van der Waals surface area contributed by atoms with Crippen LogP contribution < -0.4 is 0 Å². The van der Waals surface area contributed by atoms with Gasteiger partial charge in [-0.15, -0.1) is 0 Å². The average molecular weight is 191 g/mol. The van der Waals surface area contributed by atoms with Crippen molar-refractivity contribution in [3.05, 3.63) is 36.6 Å². The lowest BCUT2D eigenvalue weighted by Gasteiger charge is -2.18. The third-order valence-corrected chi connectivity index (χ3v) is 2.52. The van der Waals surface area contributed by atoms with E-state index in [9.17, 15) is 0 Å². The van der Waals surface area contributed by atoms with Gasteiger partial charge in [-0.25, -0.2) is 0 Å². The maximum atomic E-state index is 3.71. The topological polar surface area (TPSA) is 3.24 Å². The maximum absolute atomic E-state index is 3.71. The van der Waals surface area contributed by atoms with Gasteiger partial charge in [-0.05, 0) is 25.3 Å². The van der Waals surface area contributed by atoms with E-state index in [-0.39, 0.29) is 0 Å². The Morgan fingerprint density at radius 3 is 2.64 bits per heavy atom. The van der Waals surface area contributed by atoms with E-state index in [4.69, 9.17) is 0 Å². The summed E-state index contributed by atoms with van der Waals surface area (Å²) in [6.45, 7) is 8.36. The zero-order valence-corrected chi connectivity index (χ0v) is 9.21. The molecule has 0 unspecified atom stereocenters. The van der Waals surface area contributed by atoms with Gasteiger partial charge in [0.25, 0.3) is 0 Å². The van der Waals surface area contributed by atoms with E-state index >= 15 is 0 Å². The molecular weight excluding hydrogens is 170 g/mol. The minimum Gasteiger partial charge on any atom is -0.372 e. The average Bonchev–Trinajstić information content (AvgIpc) is 2.71. The monoisotopic (exact) mass is 191 g/mol. The molecule has 0 amide bonds. The van der Waals surface area contributed by atoms with Crippen LogP contribution in [0.25, 0.3) is 0 Å². The first-order chi connectivity index (χ1) is 6.88. The van der Waals surface area contributed by atoms with E-state index in [1.807, 2.05) is 12.2 Å². The van der Waals surface area contributed by atoms with Crippen LogP contribution in [0.3, 0.4) is 0 Å². The lowest BCUT2D eigenvalue weighted by Crippen LogP contribution is -2.17. The summed E-state index contributed by atoms with van der Waals surface area (Å²) in [5, 5.41) is 0. The van der Waals surface area contributed by atoms with Crippen molar-refractivity contribution in [2.75, 3.05) is 13.1 Å². The number of allylic oxidation sites excluding steroid dienone is 4. The van der Waals surface area contributed by atoms with Crippen LogP contribution in [-0.4, -0.2) is 18.0 Å². The van der Waals surface area contributed by atoms with Gasteiger partial charge in [0.15, 0.2) is 0 Å². The second-order valence-electron chi connectivity index (χ2n) is 3.71. The molecular formula is C13H21N. The first kappa shape index (κ1) is 11.1. The standard InChI is InChI=1S/C13H21N/c1-3-5-9-13(10-6-4-2)14-11-7-8-12-14/h3,5,9-10H,1,4,6-8,11-12H2,2H3/b9-5-,13-10+. The van der Waals surface area contributed by atoms with Crippen LogP contribution in [0.5, 0.6) is 0 Å². The molecule has 1 aliphatic rings. The summed E-state index contributed by atoms with van der Waals surface area (Å²) in [6, 6.07) is 0. The van der Waals surface area contributed by atoms with Gasteiger partial charge in [-0.3, -0.25) is 0 Å². The molecule has 1 nitrogen and oxygen atoms in total. The Labute approximate surface area is 87.8 Å². The minimum absolute atomic E-state index is 1.17. The number of hydrogen-bond donors (Lipinski definition) is 0. The summed E-state index contributed by atoms with van der Waals surface area (Å²) in [7, 11) is 0. The molecule has 0 spiro atoms. The van der Waals surface area contributed by atoms with Crippen LogP contribution in [0.2, 0.25) is 0 Å². The molecule has 0 aliphatic carbocycles. The highest BCUT2D eigenvalue weighted by Gasteiger charge is 2.11. The van der Waals surface area contributed by atoms with Crippen molar-refractivity contribution in [1.29, 1.82) is 0 Å². The van der Waals surface area contributed by atoms with E-state index in [1.165, 1.54) is 44.5 Å². The molecule has 1 saturated heterocycles. The number of nitrogens with zero attached hydrogens (tertiary/aromatic N) is 1. The van der Waals surface area contributed by atoms with Crippen molar-refractivity contribution in [3.63, 3.8) is 0 Å². The fourth-order valence-electron chi connectivity index (χ4n) is 1.74. The van der Waals surface area contributed by atoms with Crippen molar-refractivity contribution in [1.82, 2.24) is 4.90 Å². The second-order valence-corrected chi connectivity index (χ2v) is 3.71. The highest BCUT2D eigenvalue weighted by Crippen LogP contribution is 2.16. The number of hydrogen-bond acceptors (Lipinski definition) is 1. The van der Waals surface area contributed by atoms with Gasteiger partial charge < -0.3 is 4.90 Å². The Morgan fingerprint density at radius 1 is 1.36 bits per heavy atom. The van der Waals surface area contributed by atoms with Crippen LogP contribution in [0, 0.1) is 0 Å². The summed E-state index contributed by atoms with van der Waals surface area (Å²) in [4.78, 5) is 2.47. The van der Waals surface area contributed by atoms with Crippen LogP contribution in [0.1, 0.15) is 32.6 Å². The number of rotatable bonds is 5. The summed E-state index contributed by atoms with van der Waals surface area (Å²) in [6.07, 6.45) is 13.5. The van der Waals surface area contributed by atoms with Crippen molar-refractivity contribution in [3.8, 4) is 0 Å². The second kappa shape index (κ2) is 6.47. The van der Waals surface area contributed by atoms with Crippen molar-refractivity contribution < 1.29 is 0 Å². The lowest BCUT2D eigenvalue weighted by atomic mass is 10.2. The number of likely N-dealkylation sites (tertiary alicyclic amines) is 1. The third-order valence-electron chi connectivity index (χ3n) is 2.52. The number of unbranched alkanes of at least 4 members (excludes halogenated alkanes) is 1. The Balaban J connectivity index is 2.59. The van der Waals surface area contributed by atoms with Gasteiger partial charge in [0.1, 0.15) is 0 Å². The molecule has 14 heavy (non-hydrogen) atoms. The van der Waals surface area contributed by atoms with E-state index in [2.05, 4.69) is 30.6 Å². The molecule has 1 rings (SSSR count). The molecule has 0 N–H and O–H groups in total. The Morgan fingerprint density at radius 2 is 2.07 bits per heavy atom. The van der Waals surface area contributed by atoms with E-state index < -0.39 is 0 Å². The van der Waals surface area contributed by atoms with Gasteiger partial charge >= 0.3 is 0 Å². The minimum atomic E-state index is 1.17. The molecule has 0 bridgehead atoms. The highest BCUT2D eigenvalue weighted by molar-refractivity contribution is 5.21. The third kappa shape index (κ3) is 3.41. The van der Waals surface area contributed by atoms with Crippen molar-refractivity contribution >= 4 is 0 Å². The van der Waals surface area contributed by atoms with E-state index in [1.54, 1.807) is 0 Å². The van der Waals surface area contributed by atoms with Gasteiger partial charge in [0.05, 0.1) is 0 Å². The Hall–Kier alpha value is -0.980. The zero-order chi connectivity index (χ0) is 10.2. The quantitative estimate of drug-likeness (QED) is 0.601. The molecule has 0 atom stereocenters.